The van der Waals surface area contributed by atoms with Crippen molar-refractivity contribution in [3.63, 3.8) is 0 Å². The van der Waals surface area contributed by atoms with Gasteiger partial charge >= 0.3 is 27.6 Å². The lowest BCUT2D eigenvalue weighted by molar-refractivity contribution is -0.186. The van der Waals surface area contributed by atoms with Crippen LogP contribution >= 0.6 is 0 Å². The molecule has 2 N–H and O–H groups in total. The molecule has 1 spiro atoms. The molecule has 0 amide bonds. The van der Waals surface area contributed by atoms with E-state index >= 15 is 0 Å². The van der Waals surface area contributed by atoms with E-state index in [9.17, 15) is 31.2 Å². The standard InChI is InChI=1S/C10H9F3O7S/c11-10(12,13)21(18,19)20-5-1-2-8(5)3-9(4-8,6(14)15)7(16)17/h1-2,5H,3-4H2,(H,14,15)(H,16,17). The molecule has 11 heteroatoms. The minimum Gasteiger partial charge on any atom is -0.480 e. The summed E-state index contributed by atoms with van der Waals surface area (Å²) in [6, 6.07) is 0. The number of carbonyl (C=O) groups is 2. The summed E-state index contributed by atoms with van der Waals surface area (Å²) < 4.78 is 62.5. The van der Waals surface area contributed by atoms with Gasteiger partial charge in [-0.3, -0.25) is 13.8 Å². The summed E-state index contributed by atoms with van der Waals surface area (Å²) in [5, 5.41) is 17.8. The lowest BCUT2D eigenvalue weighted by Gasteiger charge is -2.56. The first-order valence-corrected chi connectivity index (χ1v) is 6.93. The molecule has 118 valence electrons. The summed E-state index contributed by atoms with van der Waals surface area (Å²) in [5.74, 6) is -3.25. The van der Waals surface area contributed by atoms with Crippen LogP contribution in [0, 0.1) is 10.8 Å². The number of aliphatic carboxylic acids is 2. The minimum absolute atomic E-state index is 0.529. The van der Waals surface area contributed by atoms with E-state index in [1.165, 1.54) is 6.08 Å². The first-order valence-electron chi connectivity index (χ1n) is 5.52. The van der Waals surface area contributed by atoms with Crippen LogP contribution in [-0.2, 0) is 23.9 Å². The number of hydrogen-bond acceptors (Lipinski definition) is 5. The summed E-state index contributed by atoms with van der Waals surface area (Å²) in [6.45, 7) is 0. The van der Waals surface area contributed by atoms with Crippen LogP contribution in [0.5, 0.6) is 0 Å². The van der Waals surface area contributed by atoms with E-state index < -0.39 is 57.3 Å². The molecule has 0 aromatic carbocycles. The number of hydrogen-bond donors (Lipinski definition) is 2. The SMILES string of the molecule is O=C(O)C1(C(=O)O)CC2(C=CC2OS(=O)(=O)C(F)(F)F)C1. The fraction of sp³-hybridized carbons (Fsp3) is 0.600. The molecule has 0 heterocycles. The normalized spacial score (nSPS) is 26.0. The van der Waals surface area contributed by atoms with Crippen LogP contribution in [0.3, 0.4) is 0 Å². The van der Waals surface area contributed by atoms with E-state index in [0.717, 1.165) is 6.08 Å². The molecule has 1 saturated carbocycles. The minimum atomic E-state index is -5.83. The Morgan fingerprint density at radius 1 is 1.19 bits per heavy atom. The summed E-state index contributed by atoms with van der Waals surface area (Å²) in [4.78, 5) is 22.0. The molecule has 1 fully saturated rings. The number of alkyl halides is 3. The van der Waals surface area contributed by atoms with Crippen LogP contribution in [-0.4, -0.2) is 42.2 Å². The highest BCUT2D eigenvalue weighted by Gasteiger charge is 2.69. The monoisotopic (exact) mass is 330 g/mol. The third kappa shape index (κ3) is 2.11. The van der Waals surface area contributed by atoms with Gasteiger partial charge in [-0.25, -0.2) is 0 Å². The lowest BCUT2D eigenvalue weighted by Crippen LogP contribution is -2.62. The third-order valence-corrected chi connectivity index (χ3v) is 4.79. The first kappa shape index (κ1) is 15.8. The first-order chi connectivity index (χ1) is 9.36. The molecule has 0 aliphatic heterocycles. The van der Waals surface area contributed by atoms with E-state index in [2.05, 4.69) is 4.18 Å². The van der Waals surface area contributed by atoms with Gasteiger partial charge in [0.1, 0.15) is 6.10 Å². The second-order valence-corrected chi connectivity index (χ2v) is 6.62. The van der Waals surface area contributed by atoms with Crippen LogP contribution in [0.15, 0.2) is 12.2 Å². The molecule has 2 rings (SSSR count). The van der Waals surface area contributed by atoms with Crippen molar-refractivity contribution in [1.82, 2.24) is 0 Å². The van der Waals surface area contributed by atoms with Gasteiger partial charge in [-0.15, -0.1) is 0 Å². The quantitative estimate of drug-likeness (QED) is 0.337. The molecule has 21 heavy (non-hydrogen) atoms. The number of halogens is 3. The Kier molecular flexibility index (Phi) is 3.15. The summed E-state index contributed by atoms with van der Waals surface area (Å²) in [6.07, 6.45) is -0.279. The Hall–Kier alpha value is -1.62. The van der Waals surface area contributed by atoms with E-state index in [0.29, 0.717) is 0 Å². The largest absolute Gasteiger partial charge is 0.523 e. The molecule has 2 aliphatic rings. The van der Waals surface area contributed by atoms with Gasteiger partial charge in [-0.05, 0) is 12.8 Å². The van der Waals surface area contributed by atoms with Crippen molar-refractivity contribution < 1.29 is 45.6 Å². The average Bonchev–Trinajstić information content (AvgIpc) is 2.20. The molecule has 2 aliphatic carbocycles. The zero-order valence-electron chi connectivity index (χ0n) is 10.1. The van der Waals surface area contributed by atoms with Crippen LogP contribution in [0.25, 0.3) is 0 Å². The fourth-order valence-corrected chi connectivity index (χ4v) is 3.19. The van der Waals surface area contributed by atoms with Crippen molar-refractivity contribution in [2.75, 3.05) is 0 Å². The highest BCUT2D eigenvalue weighted by Crippen LogP contribution is 2.62. The number of carboxylic acid groups (broad SMARTS) is 2. The Morgan fingerprint density at radius 2 is 1.67 bits per heavy atom. The van der Waals surface area contributed by atoms with Gasteiger partial charge in [0, 0.05) is 5.41 Å². The van der Waals surface area contributed by atoms with Crippen LogP contribution in [0.4, 0.5) is 13.2 Å². The molecule has 0 aromatic heterocycles. The summed E-state index contributed by atoms with van der Waals surface area (Å²) in [7, 11) is -5.83. The van der Waals surface area contributed by atoms with E-state index in [-0.39, 0.29) is 0 Å². The van der Waals surface area contributed by atoms with Crippen molar-refractivity contribution in [3.05, 3.63) is 12.2 Å². The molecule has 0 saturated heterocycles. The highest BCUT2D eigenvalue weighted by molar-refractivity contribution is 7.87. The molecular weight excluding hydrogens is 321 g/mol. The second-order valence-electron chi connectivity index (χ2n) is 5.05. The Morgan fingerprint density at radius 3 is 1.95 bits per heavy atom. The number of carboxylic acids is 2. The van der Waals surface area contributed by atoms with Gasteiger partial charge in [0.05, 0.1) is 0 Å². The predicted molar refractivity (Wildman–Crippen MR) is 58.4 cm³/mol. The van der Waals surface area contributed by atoms with Gasteiger partial charge in [0.25, 0.3) is 0 Å². The Labute approximate surface area is 116 Å². The number of rotatable bonds is 4. The van der Waals surface area contributed by atoms with Gasteiger partial charge < -0.3 is 10.2 Å². The lowest BCUT2D eigenvalue weighted by atomic mass is 9.47. The average molecular weight is 330 g/mol. The van der Waals surface area contributed by atoms with Crippen LogP contribution in [0.2, 0.25) is 0 Å². The maximum Gasteiger partial charge on any atom is 0.523 e. The zero-order valence-corrected chi connectivity index (χ0v) is 10.9. The van der Waals surface area contributed by atoms with Crippen molar-refractivity contribution in [2.45, 2.75) is 24.5 Å². The summed E-state index contributed by atoms with van der Waals surface area (Å²) in [5.41, 5.74) is -9.04. The van der Waals surface area contributed by atoms with Gasteiger partial charge in [-0.1, -0.05) is 12.2 Å². The van der Waals surface area contributed by atoms with Crippen LogP contribution in [0.1, 0.15) is 12.8 Å². The Balaban J connectivity index is 2.15. The zero-order chi connectivity index (χ0) is 16.3. The van der Waals surface area contributed by atoms with Crippen molar-refractivity contribution in [3.8, 4) is 0 Å². The Bertz CT molecular complexity index is 612. The highest BCUT2D eigenvalue weighted by atomic mass is 32.2. The molecule has 7 nitrogen and oxygen atoms in total. The maximum atomic E-state index is 12.2. The smallest absolute Gasteiger partial charge is 0.480 e. The van der Waals surface area contributed by atoms with E-state index in [4.69, 9.17) is 10.2 Å². The molecule has 0 radical (unpaired) electrons. The summed E-state index contributed by atoms with van der Waals surface area (Å²) >= 11 is 0. The molecule has 0 bridgehead atoms. The third-order valence-electron chi connectivity index (χ3n) is 3.76. The van der Waals surface area contributed by atoms with E-state index in [1.54, 1.807) is 0 Å². The van der Waals surface area contributed by atoms with E-state index in [1.807, 2.05) is 0 Å². The van der Waals surface area contributed by atoms with Crippen LogP contribution < -0.4 is 0 Å². The maximum absolute atomic E-state index is 12.2. The second kappa shape index (κ2) is 4.19. The molecule has 1 unspecified atom stereocenters. The van der Waals surface area contributed by atoms with Crippen molar-refractivity contribution in [2.24, 2.45) is 10.8 Å². The van der Waals surface area contributed by atoms with Gasteiger partial charge in [0.2, 0.25) is 0 Å². The van der Waals surface area contributed by atoms with Crippen molar-refractivity contribution in [1.29, 1.82) is 0 Å². The molecular formula is C10H9F3O7S. The molecule has 0 aromatic rings. The molecule has 1 atom stereocenters. The fourth-order valence-electron chi connectivity index (χ4n) is 2.55. The predicted octanol–water partition coefficient (Wildman–Crippen LogP) is 0.727. The van der Waals surface area contributed by atoms with Gasteiger partial charge in [-0.2, -0.15) is 21.6 Å². The van der Waals surface area contributed by atoms with Gasteiger partial charge in [0.15, 0.2) is 5.41 Å². The van der Waals surface area contributed by atoms with Crippen molar-refractivity contribution >= 4 is 22.1 Å². The topological polar surface area (TPSA) is 118 Å².